The molecule has 8 nitrogen and oxygen atoms in total. The molecule has 2 aliphatic carbocycles. The van der Waals surface area contributed by atoms with E-state index < -0.39 is 30.1 Å². The first kappa shape index (κ1) is 29.3. The number of fused-ring (bicyclic) bond motifs is 3. The average Bonchev–Trinajstić information content (AvgIpc) is 3.63. The van der Waals surface area contributed by atoms with E-state index in [4.69, 9.17) is 4.74 Å². The molecule has 0 saturated heterocycles. The fraction of sp³-hybridized carbons (Fsp3) is 0.382. The third-order valence-electron chi connectivity index (χ3n) is 8.44. The standard InChI is InChI=1S/C34H39N3O5/c1-37(20-23-11-3-2-4-12-23)21-31(33(39)40)35-32(38)19-30(24-13-5-6-14-24)36-34(41)42-22-29-27-17-9-7-15-25(27)26-16-8-10-18-28(26)29/h2-4,7-12,15-18,24,29-31H,5-6,13-14,19-22H2,1H3,(H,35,38)(H,36,41)(H,39,40). The molecule has 0 aromatic heterocycles. The second-order valence-corrected chi connectivity index (χ2v) is 11.5. The molecule has 2 aliphatic rings. The Morgan fingerprint density at radius 2 is 1.48 bits per heavy atom. The quantitative estimate of drug-likeness (QED) is 0.278. The molecule has 5 rings (SSSR count). The van der Waals surface area contributed by atoms with Gasteiger partial charge in [-0.15, -0.1) is 0 Å². The van der Waals surface area contributed by atoms with Crippen LogP contribution in [0.4, 0.5) is 4.79 Å². The van der Waals surface area contributed by atoms with Gasteiger partial charge in [0.2, 0.25) is 5.91 Å². The molecule has 3 N–H and O–H groups in total. The summed E-state index contributed by atoms with van der Waals surface area (Å²) in [6, 6.07) is 24.6. The number of hydrogen-bond donors (Lipinski definition) is 3. The van der Waals surface area contributed by atoms with Gasteiger partial charge in [-0.3, -0.25) is 9.69 Å². The van der Waals surface area contributed by atoms with Crippen molar-refractivity contribution >= 4 is 18.0 Å². The number of carbonyl (C=O) groups excluding carboxylic acids is 2. The monoisotopic (exact) mass is 569 g/mol. The number of ether oxygens (including phenoxy) is 1. The maximum absolute atomic E-state index is 13.1. The van der Waals surface area contributed by atoms with Crippen molar-refractivity contribution in [2.24, 2.45) is 5.92 Å². The van der Waals surface area contributed by atoms with Crippen LogP contribution in [0.3, 0.4) is 0 Å². The Labute approximate surface area is 247 Å². The average molecular weight is 570 g/mol. The lowest BCUT2D eigenvalue weighted by Gasteiger charge is -2.26. The number of nitrogens with zero attached hydrogens (tertiary/aromatic N) is 1. The van der Waals surface area contributed by atoms with Gasteiger partial charge in [0.25, 0.3) is 0 Å². The van der Waals surface area contributed by atoms with E-state index in [1.54, 1.807) is 0 Å². The Hall–Kier alpha value is -4.17. The van der Waals surface area contributed by atoms with Gasteiger partial charge in [0.05, 0.1) is 0 Å². The van der Waals surface area contributed by atoms with E-state index in [-0.39, 0.29) is 31.4 Å². The van der Waals surface area contributed by atoms with Crippen molar-refractivity contribution in [3.8, 4) is 11.1 Å². The van der Waals surface area contributed by atoms with Gasteiger partial charge < -0.3 is 20.5 Å². The van der Waals surface area contributed by atoms with Crippen LogP contribution >= 0.6 is 0 Å². The van der Waals surface area contributed by atoms with Crippen LogP contribution in [0.25, 0.3) is 11.1 Å². The van der Waals surface area contributed by atoms with Crippen molar-refractivity contribution in [1.29, 1.82) is 0 Å². The molecular formula is C34H39N3O5. The molecule has 0 aliphatic heterocycles. The Bertz CT molecular complexity index is 1340. The minimum atomic E-state index is -1.09. The smallest absolute Gasteiger partial charge is 0.407 e. The summed E-state index contributed by atoms with van der Waals surface area (Å²) in [6.45, 7) is 0.913. The summed E-state index contributed by atoms with van der Waals surface area (Å²) in [5.74, 6) is -1.41. The zero-order valence-corrected chi connectivity index (χ0v) is 24.0. The molecule has 3 aromatic carbocycles. The molecular weight excluding hydrogens is 530 g/mol. The fourth-order valence-electron chi connectivity index (χ4n) is 6.40. The number of carbonyl (C=O) groups is 3. The van der Waals surface area contributed by atoms with E-state index in [0.29, 0.717) is 6.54 Å². The predicted octanol–water partition coefficient (Wildman–Crippen LogP) is 5.18. The summed E-state index contributed by atoms with van der Waals surface area (Å²) in [5, 5.41) is 15.5. The zero-order valence-electron chi connectivity index (χ0n) is 24.0. The SMILES string of the molecule is CN(Cc1ccccc1)CC(NC(=O)CC(NC(=O)OCC1c2ccccc2-c2ccccc21)C1CCCC1)C(=O)O. The Morgan fingerprint density at radius 3 is 2.10 bits per heavy atom. The van der Waals surface area contributed by atoms with Crippen LogP contribution in [0.15, 0.2) is 78.9 Å². The fourth-order valence-corrected chi connectivity index (χ4v) is 6.40. The van der Waals surface area contributed by atoms with Gasteiger partial charge >= 0.3 is 12.1 Å². The van der Waals surface area contributed by atoms with Crippen molar-refractivity contribution in [1.82, 2.24) is 15.5 Å². The molecule has 220 valence electrons. The highest BCUT2D eigenvalue weighted by Gasteiger charge is 2.32. The number of nitrogens with one attached hydrogen (secondary N) is 2. The number of alkyl carbamates (subject to hydrolysis) is 1. The minimum absolute atomic E-state index is 0.00103. The van der Waals surface area contributed by atoms with Gasteiger partial charge in [0.15, 0.2) is 0 Å². The first-order chi connectivity index (χ1) is 20.4. The molecule has 2 unspecified atom stereocenters. The van der Waals surface area contributed by atoms with Crippen LogP contribution in [0, 0.1) is 5.92 Å². The molecule has 1 fully saturated rings. The lowest BCUT2D eigenvalue weighted by Crippen LogP contribution is -2.50. The predicted molar refractivity (Wildman–Crippen MR) is 161 cm³/mol. The lowest BCUT2D eigenvalue weighted by atomic mass is 9.95. The number of carboxylic acids is 1. The molecule has 2 atom stereocenters. The van der Waals surface area contributed by atoms with E-state index in [1.807, 2.05) is 66.5 Å². The maximum Gasteiger partial charge on any atom is 0.407 e. The first-order valence-corrected chi connectivity index (χ1v) is 14.7. The molecule has 0 radical (unpaired) electrons. The van der Waals surface area contributed by atoms with Crippen LogP contribution in [-0.2, 0) is 20.9 Å². The summed E-state index contributed by atoms with van der Waals surface area (Å²) in [5.41, 5.74) is 5.64. The molecule has 42 heavy (non-hydrogen) atoms. The van der Waals surface area contributed by atoms with Crippen LogP contribution in [-0.4, -0.2) is 60.3 Å². The molecule has 1 saturated carbocycles. The summed E-state index contributed by atoms with van der Waals surface area (Å²) in [4.78, 5) is 40.0. The van der Waals surface area contributed by atoms with Crippen LogP contribution in [0.2, 0.25) is 0 Å². The Morgan fingerprint density at radius 1 is 0.881 bits per heavy atom. The zero-order chi connectivity index (χ0) is 29.5. The number of aliphatic carboxylic acids is 1. The van der Waals surface area contributed by atoms with Crippen molar-refractivity contribution in [2.45, 2.75) is 56.7 Å². The van der Waals surface area contributed by atoms with Crippen molar-refractivity contribution in [3.63, 3.8) is 0 Å². The highest BCUT2D eigenvalue weighted by molar-refractivity contribution is 5.84. The Kier molecular flexibility index (Phi) is 9.54. The number of rotatable bonds is 12. The largest absolute Gasteiger partial charge is 0.480 e. The van der Waals surface area contributed by atoms with Gasteiger partial charge in [-0.1, -0.05) is 91.7 Å². The number of likely N-dealkylation sites (N-methyl/N-ethyl adjacent to an activating group) is 1. The van der Waals surface area contributed by atoms with Crippen LogP contribution in [0.1, 0.15) is 54.7 Å². The van der Waals surface area contributed by atoms with Gasteiger partial charge in [-0.05, 0) is 53.6 Å². The van der Waals surface area contributed by atoms with E-state index in [9.17, 15) is 19.5 Å². The molecule has 0 heterocycles. The number of benzene rings is 3. The molecule has 3 aromatic rings. The molecule has 0 bridgehead atoms. The molecule has 8 heteroatoms. The van der Waals surface area contributed by atoms with Crippen molar-refractivity contribution in [2.75, 3.05) is 20.2 Å². The second kappa shape index (κ2) is 13.7. The molecule has 0 spiro atoms. The Balaban J connectivity index is 1.18. The molecule has 2 amide bonds. The third-order valence-corrected chi connectivity index (χ3v) is 8.44. The summed E-state index contributed by atoms with van der Waals surface area (Å²) in [6.07, 6.45) is 3.34. The van der Waals surface area contributed by atoms with Crippen LogP contribution in [0.5, 0.6) is 0 Å². The van der Waals surface area contributed by atoms with E-state index in [1.165, 1.54) is 0 Å². The van der Waals surface area contributed by atoms with Gasteiger partial charge in [0, 0.05) is 31.5 Å². The van der Waals surface area contributed by atoms with Gasteiger partial charge in [-0.2, -0.15) is 0 Å². The maximum atomic E-state index is 13.1. The topological polar surface area (TPSA) is 108 Å². The highest BCUT2D eigenvalue weighted by atomic mass is 16.5. The number of amides is 2. The van der Waals surface area contributed by atoms with Crippen molar-refractivity contribution in [3.05, 3.63) is 95.6 Å². The van der Waals surface area contributed by atoms with E-state index in [0.717, 1.165) is 53.5 Å². The minimum Gasteiger partial charge on any atom is -0.480 e. The van der Waals surface area contributed by atoms with Gasteiger partial charge in [0.1, 0.15) is 12.6 Å². The van der Waals surface area contributed by atoms with E-state index >= 15 is 0 Å². The third kappa shape index (κ3) is 7.18. The first-order valence-electron chi connectivity index (χ1n) is 14.7. The normalized spacial score (nSPS) is 16.0. The number of carboxylic acid groups (broad SMARTS) is 1. The van der Waals surface area contributed by atoms with Crippen molar-refractivity contribution < 1.29 is 24.2 Å². The summed E-state index contributed by atoms with van der Waals surface area (Å²) in [7, 11) is 1.83. The number of hydrogen-bond acceptors (Lipinski definition) is 5. The summed E-state index contributed by atoms with van der Waals surface area (Å²) < 4.78 is 5.76. The van der Waals surface area contributed by atoms with Gasteiger partial charge in [-0.25, -0.2) is 9.59 Å². The second-order valence-electron chi connectivity index (χ2n) is 11.5. The van der Waals surface area contributed by atoms with Crippen LogP contribution < -0.4 is 10.6 Å². The highest BCUT2D eigenvalue weighted by Crippen LogP contribution is 2.44. The summed E-state index contributed by atoms with van der Waals surface area (Å²) >= 11 is 0. The van der Waals surface area contributed by atoms with E-state index in [2.05, 4.69) is 34.9 Å². The lowest BCUT2D eigenvalue weighted by molar-refractivity contribution is -0.142.